The van der Waals surface area contributed by atoms with Gasteiger partial charge in [0.15, 0.2) is 11.8 Å². The lowest BCUT2D eigenvalue weighted by molar-refractivity contribution is -0.139. The number of thiol groups is 1. The molecule has 2 aromatic carbocycles. The molecule has 5 nitrogen and oxygen atoms in total. The zero-order chi connectivity index (χ0) is 21.1. The molecule has 1 N–H and O–H groups in total. The van der Waals surface area contributed by atoms with Crippen LogP contribution in [0.1, 0.15) is 32.1 Å². The first-order valence-electron chi connectivity index (χ1n) is 10.1. The molecule has 0 amide bonds. The minimum Gasteiger partial charge on any atom is -0.482 e. The molecule has 4 rings (SSSR count). The number of fused-ring (bicyclic) bond motifs is 1. The lowest BCUT2D eigenvalue weighted by Crippen LogP contribution is -2.48. The number of thiocarbonyl (C=S) groups is 1. The van der Waals surface area contributed by atoms with Gasteiger partial charge in [-0.25, -0.2) is 9.79 Å². The van der Waals surface area contributed by atoms with Crippen LogP contribution in [-0.4, -0.2) is 44.4 Å². The molecule has 2 fully saturated rings. The van der Waals surface area contributed by atoms with Gasteiger partial charge in [-0.2, -0.15) is 0 Å². The molecular weight excluding hydrogens is 436 g/mol. The molecule has 1 saturated heterocycles. The van der Waals surface area contributed by atoms with Crippen molar-refractivity contribution < 1.29 is 14.6 Å². The summed E-state index contributed by atoms with van der Waals surface area (Å²) in [6, 6.07) is 11.5. The first-order chi connectivity index (χ1) is 14.5. The van der Waals surface area contributed by atoms with Crippen LogP contribution in [0, 0.1) is 5.41 Å². The number of rotatable bonds is 4. The molecule has 1 spiro atoms. The molecular formula is C22H24N2O3S3. The summed E-state index contributed by atoms with van der Waals surface area (Å²) in [5.41, 5.74) is 1.11. The Balaban J connectivity index is 1.66. The lowest BCUT2D eigenvalue weighted by atomic mass is 9.75. The third kappa shape index (κ3) is 4.76. The zero-order valence-corrected chi connectivity index (χ0v) is 19.1. The van der Waals surface area contributed by atoms with Gasteiger partial charge in [0.2, 0.25) is 0 Å². The highest BCUT2D eigenvalue weighted by molar-refractivity contribution is 8.15. The van der Waals surface area contributed by atoms with E-state index < -0.39 is 5.97 Å². The summed E-state index contributed by atoms with van der Waals surface area (Å²) in [7, 11) is 0. The van der Waals surface area contributed by atoms with Crippen molar-refractivity contribution in [3.05, 3.63) is 36.4 Å². The molecule has 1 saturated carbocycles. The second kappa shape index (κ2) is 9.16. The van der Waals surface area contributed by atoms with Crippen molar-refractivity contribution in [1.82, 2.24) is 4.90 Å². The van der Waals surface area contributed by atoms with Crippen LogP contribution in [0.25, 0.3) is 10.8 Å². The van der Waals surface area contributed by atoms with E-state index >= 15 is 0 Å². The average molecular weight is 461 g/mol. The fourth-order valence-electron chi connectivity index (χ4n) is 4.26. The normalized spacial score (nSPS) is 19.9. The number of carbonyl (C=O) groups is 1. The first kappa shape index (κ1) is 21.5. The van der Waals surface area contributed by atoms with Gasteiger partial charge < -0.3 is 14.7 Å². The average Bonchev–Trinajstić information content (AvgIpc) is 2.74. The molecule has 158 valence electrons. The van der Waals surface area contributed by atoms with Gasteiger partial charge >= 0.3 is 5.97 Å². The largest absolute Gasteiger partial charge is 0.482 e. The summed E-state index contributed by atoms with van der Waals surface area (Å²) < 4.78 is 5.91. The van der Waals surface area contributed by atoms with Crippen molar-refractivity contribution >= 4 is 68.5 Å². The van der Waals surface area contributed by atoms with Gasteiger partial charge in [0.1, 0.15) is 10.1 Å². The second-order valence-electron chi connectivity index (χ2n) is 7.95. The third-order valence-corrected chi connectivity index (χ3v) is 7.57. The monoisotopic (exact) mass is 460 g/mol. The van der Waals surface area contributed by atoms with Crippen LogP contribution in [-0.2, 0) is 4.79 Å². The molecule has 1 aliphatic carbocycles. The van der Waals surface area contributed by atoms with E-state index in [4.69, 9.17) is 27.1 Å². The number of benzene rings is 2. The maximum absolute atomic E-state index is 10.8. The van der Waals surface area contributed by atoms with E-state index in [1.54, 1.807) is 17.8 Å². The molecule has 0 aromatic heterocycles. The van der Waals surface area contributed by atoms with Crippen molar-refractivity contribution in [3.8, 4) is 5.75 Å². The Kier molecular flexibility index (Phi) is 6.55. The van der Waals surface area contributed by atoms with E-state index in [1.807, 2.05) is 30.3 Å². The molecule has 8 heteroatoms. The maximum Gasteiger partial charge on any atom is 0.341 e. The quantitative estimate of drug-likeness (QED) is 0.464. The van der Waals surface area contributed by atoms with E-state index in [-0.39, 0.29) is 6.61 Å². The molecule has 0 radical (unpaired) electrons. The minimum atomic E-state index is -1.00. The number of hydrogen-bond donors (Lipinski definition) is 2. The molecule has 2 aliphatic rings. The fourth-order valence-corrected chi connectivity index (χ4v) is 5.99. The molecule has 30 heavy (non-hydrogen) atoms. The van der Waals surface area contributed by atoms with Gasteiger partial charge in [-0.05, 0) is 41.8 Å². The number of hydrogen-bond acceptors (Lipinski definition) is 5. The van der Waals surface area contributed by atoms with Crippen LogP contribution in [0.2, 0.25) is 0 Å². The standard InChI is InChI=1S/C22H24N2O3S3/c25-19(26)12-27-16-8-7-15-5-4-6-18(17(15)11-16)23-20-24(21(28)29)13-22(14-30-20)9-2-1-3-10-22/h4-8,11H,1-3,9-10,12-14H2,(H,25,26)(H,28,29). The Morgan fingerprint density at radius 2 is 2.07 bits per heavy atom. The Hall–Kier alpha value is -1.77. The highest BCUT2D eigenvalue weighted by Crippen LogP contribution is 2.44. The first-order valence-corrected chi connectivity index (χ1v) is 11.9. The van der Waals surface area contributed by atoms with Crippen LogP contribution < -0.4 is 4.74 Å². The molecule has 0 atom stereocenters. The number of thioether (sulfide) groups is 1. The molecule has 2 aromatic rings. The molecule has 0 bridgehead atoms. The number of carboxylic acid groups (broad SMARTS) is 1. The van der Waals surface area contributed by atoms with Crippen molar-refractivity contribution in [2.45, 2.75) is 32.1 Å². The number of amidine groups is 1. The van der Waals surface area contributed by atoms with Crippen molar-refractivity contribution in [2.24, 2.45) is 10.4 Å². The van der Waals surface area contributed by atoms with Gasteiger partial charge in [0, 0.05) is 17.7 Å². The summed E-state index contributed by atoms with van der Waals surface area (Å²) in [5, 5.41) is 11.7. The molecule has 0 unspecified atom stereocenters. The number of carboxylic acids is 1. The van der Waals surface area contributed by atoms with Gasteiger partial charge in [0.25, 0.3) is 0 Å². The van der Waals surface area contributed by atoms with Gasteiger partial charge in [0.05, 0.1) is 5.69 Å². The van der Waals surface area contributed by atoms with E-state index in [9.17, 15) is 4.79 Å². The second-order valence-corrected chi connectivity index (χ2v) is 10.0. The highest BCUT2D eigenvalue weighted by Gasteiger charge is 2.40. The van der Waals surface area contributed by atoms with Gasteiger partial charge in [-0.15, -0.1) is 12.6 Å². The smallest absolute Gasteiger partial charge is 0.341 e. The van der Waals surface area contributed by atoms with Crippen LogP contribution in [0.4, 0.5) is 5.69 Å². The predicted octanol–water partition coefficient (Wildman–Crippen LogP) is 5.50. The Morgan fingerprint density at radius 3 is 2.80 bits per heavy atom. The number of aliphatic carboxylic acids is 1. The molecule has 1 heterocycles. The van der Waals surface area contributed by atoms with Crippen LogP contribution in [0.15, 0.2) is 41.4 Å². The highest BCUT2D eigenvalue weighted by atomic mass is 32.2. The van der Waals surface area contributed by atoms with Crippen molar-refractivity contribution in [2.75, 3.05) is 18.9 Å². The topological polar surface area (TPSA) is 62.1 Å². The van der Waals surface area contributed by atoms with E-state index in [2.05, 4.69) is 17.5 Å². The molecule has 1 aliphatic heterocycles. The van der Waals surface area contributed by atoms with E-state index in [0.717, 1.165) is 33.9 Å². The number of aliphatic imine (C=N–C) groups is 1. The third-order valence-electron chi connectivity index (χ3n) is 5.79. The summed E-state index contributed by atoms with van der Waals surface area (Å²) in [6.45, 7) is 0.501. The van der Waals surface area contributed by atoms with E-state index in [1.165, 1.54) is 32.1 Å². The van der Waals surface area contributed by atoms with E-state index in [0.29, 0.717) is 15.5 Å². The number of ether oxygens (including phenoxy) is 1. The maximum atomic E-state index is 10.8. The van der Waals surface area contributed by atoms with Crippen molar-refractivity contribution in [1.29, 1.82) is 0 Å². The minimum absolute atomic E-state index is 0.297. The fraction of sp³-hybridized carbons (Fsp3) is 0.409. The van der Waals surface area contributed by atoms with Gasteiger partial charge in [-0.1, -0.05) is 61.4 Å². The summed E-state index contributed by atoms with van der Waals surface area (Å²) in [4.78, 5) is 17.9. The Morgan fingerprint density at radius 1 is 1.27 bits per heavy atom. The lowest BCUT2D eigenvalue weighted by Gasteiger charge is -2.45. The Bertz CT molecular complexity index is 1000. The van der Waals surface area contributed by atoms with Crippen LogP contribution in [0.3, 0.4) is 0 Å². The summed E-state index contributed by atoms with van der Waals surface area (Å²) in [6.07, 6.45) is 6.35. The Labute approximate surface area is 191 Å². The van der Waals surface area contributed by atoms with Crippen LogP contribution >= 0.6 is 36.6 Å². The predicted molar refractivity (Wildman–Crippen MR) is 130 cm³/mol. The zero-order valence-electron chi connectivity index (χ0n) is 16.5. The van der Waals surface area contributed by atoms with Crippen molar-refractivity contribution in [3.63, 3.8) is 0 Å². The number of nitrogens with zero attached hydrogens (tertiary/aromatic N) is 2. The van der Waals surface area contributed by atoms with Crippen LogP contribution in [0.5, 0.6) is 5.75 Å². The van der Waals surface area contributed by atoms with Gasteiger partial charge in [-0.3, -0.25) is 0 Å². The summed E-state index contributed by atoms with van der Waals surface area (Å²) >= 11 is 11.7. The SMILES string of the molecule is O=C(O)COc1ccc2cccc(N=C3SCC4(CCCCC4)CN3C(=S)S)c2c1. The summed E-state index contributed by atoms with van der Waals surface area (Å²) in [5.74, 6) is 0.560.